The summed E-state index contributed by atoms with van der Waals surface area (Å²) in [5, 5.41) is 6.17. The van der Waals surface area contributed by atoms with Crippen LogP contribution in [-0.4, -0.2) is 41.8 Å². The molecule has 1 saturated heterocycles. The lowest BCUT2D eigenvalue weighted by atomic mass is 10.1. The summed E-state index contributed by atoms with van der Waals surface area (Å²) < 4.78 is 39.6. The monoisotopic (exact) mass is 356 g/mol. The van der Waals surface area contributed by atoms with Crippen LogP contribution in [0.4, 0.5) is 9.52 Å². The normalized spacial score (nSPS) is 17.3. The van der Waals surface area contributed by atoms with Gasteiger partial charge in [-0.3, -0.25) is 4.98 Å². The van der Waals surface area contributed by atoms with E-state index in [-0.39, 0.29) is 10.9 Å². The number of aryl methyl sites for hydroxylation is 1. The van der Waals surface area contributed by atoms with Crippen LogP contribution in [0.15, 0.2) is 28.7 Å². The summed E-state index contributed by atoms with van der Waals surface area (Å²) in [6.45, 7) is 2.71. The number of aromatic nitrogens is 2. The number of rotatable bonds is 4. The molecule has 1 aliphatic heterocycles. The fraction of sp³-hybridized carbons (Fsp3) is 0.429. The van der Waals surface area contributed by atoms with Crippen molar-refractivity contribution < 1.29 is 12.8 Å². The Morgan fingerprint density at radius 3 is 2.70 bits per heavy atom. The highest BCUT2D eigenvalue weighted by molar-refractivity contribution is 7.89. The minimum Gasteiger partial charge on any atom is -0.359 e. The summed E-state index contributed by atoms with van der Waals surface area (Å²) in [7, 11) is -3.69. The van der Waals surface area contributed by atoms with Gasteiger partial charge in [0.05, 0.1) is 11.9 Å². The Bertz CT molecular complexity index is 786. The Morgan fingerprint density at radius 1 is 1.35 bits per heavy atom. The van der Waals surface area contributed by atoms with Gasteiger partial charge in [-0.1, -0.05) is 0 Å². The van der Waals surface area contributed by atoms with Gasteiger partial charge in [-0.15, -0.1) is 11.3 Å². The Morgan fingerprint density at radius 2 is 2.09 bits per heavy atom. The molecule has 0 aromatic carbocycles. The highest BCUT2D eigenvalue weighted by atomic mass is 32.2. The van der Waals surface area contributed by atoms with Crippen molar-refractivity contribution in [3.63, 3.8) is 0 Å². The lowest BCUT2D eigenvalue weighted by Crippen LogP contribution is -2.42. The first-order chi connectivity index (χ1) is 10.9. The molecule has 3 rings (SSSR count). The molecule has 23 heavy (non-hydrogen) atoms. The van der Waals surface area contributed by atoms with Gasteiger partial charge in [0, 0.05) is 30.7 Å². The van der Waals surface area contributed by atoms with E-state index in [2.05, 4.69) is 15.3 Å². The van der Waals surface area contributed by atoms with Crippen LogP contribution in [0, 0.1) is 12.7 Å². The third kappa shape index (κ3) is 3.67. The Kier molecular flexibility index (Phi) is 4.60. The largest absolute Gasteiger partial charge is 0.359 e. The van der Waals surface area contributed by atoms with Crippen molar-refractivity contribution in [1.29, 1.82) is 0 Å². The zero-order chi connectivity index (χ0) is 16.4. The number of nitrogens with zero attached hydrogens (tertiary/aromatic N) is 3. The number of thiazole rings is 1. The van der Waals surface area contributed by atoms with Gasteiger partial charge in [-0.2, -0.15) is 4.31 Å². The molecule has 1 fully saturated rings. The third-order valence-electron chi connectivity index (χ3n) is 3.72. The number of sulfonamides is 1. The summed E-state index contributed by atoms with van der Waals surface area (Å²) in [6.07, 6.45) is 3.54. The number of hydrogen-bond acceptors (Lipinski definition) is 6. The zero-order valence-corrected chi connectivity index (χ0v) is 14.2. The second-order valence-electron chi connectivity index (χ2n) is 5.46. The number of pyridine rings is 1. The van der Waals surface area contributed by atoms with E-state index < -0.39 is 15.8 Å². The highest BCUT2D eigenvalue weighted by Crippen LogP contribution is 2.24. The third-order valence-corrected chi connectivity index (χ3v) is 6.47. The molecule has 0 unspecified atom stereocenters. The number of halogens is 1. The summed E-state index contributed by atoms with van der Waals surface area (Å²) >= 11 is 1.54. The molecular weight excluding hydrogens is 339 g/mol. The first-order valence-electron chi connectivity index (χ1n) is 7.24. The van der Waals surface area contributed by atoms with E-state index in [0.717, 1.165) is 23.1 Å². The average Bonchev–Trinajstić information content (AvgIpc) is 2.93. The summed E-state index contributed by atoms with van der Waals surface area (Å²) in [5.41, 5.74) is 0.969. The smallest absolute Gasteiger partial charge is 0.244 e. The summed E-state index contributed by atoms with van der Waals surface area (Å²) in [5.74, 6) is -0.651. The van der Waals surface area contributed by atoms with Crippen LogP contribution in [0.1, 0.15) is 18.5 Å². The molecule has 124 valence electrons. The second kappa shape index (κ2) is 6.50. The van der Waals surface area contributed by atoms with Gasteiger partial charge in [0.25, 0.3) is 0 Å². The van der Waals surface area contributed by atoms with Crippen molar-refractivity contribution in [1.82, 2.24) is 14.3 Å². The minimum atomic E-state index is -3.69. The fourth-order valence-electron chi connectivity index (χ4n) is 2.52. The lowest BCUT2D eigenvalue weighted by Gasteiger charge is -2.31. The Balaban J connectivity index is 1.64. The maximum absolute atomic E-state index is 13.2. The van der Waals surface area contributed by atoms with Crippen LogP contribution >= 0.6 is 11.3 Å². The molecule has 6 nitrogen and oxygen atoms in total. The molecule has 0 bridgehead atoms. The van der Waals surface area contributed by atoms with Gasteiger partial charge >= 0.3 is 0 Å². The van der Waals surface area contributed by atoms with E-state index in [1.165, 1.54) is 10.5 Å². The van der Waals surface area contributed by atoms with Crippen LogP contribution in [-0.2, 0) is 10.0 Å². The summed E-state index contributed by atoms with van der Waals surface area (Å²) in [4.78, 5) is 7.88. The van der Waals surface area contributed by atoms with Gasteiger partial charge in [0.2, 0.25) is 10.0 Å². The fourth-order valence-corrected chi connectivity index (χ4v) is 4.73. The Hall–Kier alpha value is -1.58. The molecule has 0 atom stereocenters. The molecule has 0 amide bonds. The van der Waals surface area contributed by atoms with Crippen LogP contribution in [0.2, 0.25) is 0 Å². The second-order valence-corrected chi connectivity index (χ2v) is 8.25. The standard InChI is InChI=1S/C14H17FN4O2S2/c1-10-9-22-14(17-10)18-12-2-4-19(5-3-12)23(20,21)13-6-11(15)7-16-8-13/h6-9,12H,2-5H2,1H3,(H,17,18). The van der Waals surface area contributed by atoms with Crippen molar-refractivity contribution in [2.24, 2.45) is 0 Å². The van der Waals surface area contributed by atoms with Crippen molar-refractivity contribution in [3.05, 3.63) is 35.4 Å². The van der Waals surface area contributed by atoms with Gasteiger partial charge in [0.15, 0.2) is 5.13 Å². The van der Waals surface area contributed by atoms with E-state index in [9.17, 15) is 12.8 Å². The van der Waals surface area contributed by atoms with Gasteiger partial charge in [0.1, 0.15) is 10.7 Å². The molecule has 9 heteroatoms. The van der Waals surface area contributed by atoms with Crippen LogP contribution in [0.25, 0.3) is 0 Å². The van der Waals surface area contributed by atoms with Crippen LogP contribution in [0.5, 0.6) is 0 Å². The molecule has 3 heterocycles. The van der Waals surface area contributed by atoms with E-state index in [1.807, 2.05) is 12.3 Å². The number of hydrogen-bond donors (Lipinski definition) is 1. The predicted molar refractivity (Wildman–Crippen MR) is 86.4 cm³/mol. The number of nitrogens with one attached hydrogen (secondary N) is 1. The maximum atomic E-state index is 13.2. The maximum Gasteiger partial charge on any atom is 0.244 e. The highest BCUT2D eigenvalue weighted by Gasteiger charge is 2.30. The van der Waals surface area contributed by atoms with E-state index in [1.54, 1.807) is 11.3 Å². The topological polar surface area (TPSA) is 75.2 Å². The SMILES string of the molecule is Cc1csc(NC2CCN(S(=O)(=O)c3cncc(F)c3)CC2)n1. The van der Waals surface area contributed by atoms with Crippen molar-refractivity contribution in [2.75, 3.05) is 18.4 Å². The molecular formula is C14H17FN4O2S2. The van der Waals surface area contributed by atoms with Crippen LogP contribution in [0.3, 0.4) is 0 Å². The van der Waals surface area contributed by atoms with Gasteiger partial charge < -0.3 is 5.32 Å². The van der Waals surface area contributed by atoms with Gasteiger partial charge in [-0.25, -0.2) is 17.8 Å². The molecule has 2 aromatic rings. The predicted octanol–water partition coefficient (Wildman–Crippen LogP) is 2.25. The zero-order valence-electron chi connectivity index (χ0n) is 12.6. The average molecular weight is 356 g/mol. The molecule has 0 spiro atoms. The first-order valence-corrected chi connectivity index (χ1v) is 9.56. The molecule has 0 saturated carbocycles. The van der Waals surface area contributed by atoms with E-state index in [4.69, 9.17) is 0 Å². The van der Waals surface area contributed by atoms with Gasteiger partial charge in [-0.05, 0) is 25.8 Å². The molecule has 1 N–H and O–H groups in total. The number of piperidine rings is 1. The van der Waals surface area contributed by atoms with E-state index >= 15 is 0 Å². The quantitative estimate of drug-likeness (QED) is 0.909. The summed E-state index contributed by atoms with van der Waals surface area (Å²) in [6, 6.07) is 1.20. The molecule has 2 aromatic heterocycles. The molecule has 0 radical (unpaired) electrons. The lowest BCUT2D eigenvalue weighted by molar-refractivity contribution is 0.329. The molecule has 1 aliphatic rings. The van der Waals surface area contributed by atoms with Crippen molar-refractivity contribution in [3.8, 4) is 0 Å². The Labute approximate surface area is 138 Å². The number of anilines is 1. The van der Waals surface area contributed by atoms with Crippen molar-refractivity contribution in [2.45, 2.75) is 30.7 Å². The van der Waals surface area contributed by atoms with Crippen LogP contribution < -0.4 is 5.32 Å². The molecule has 0 aliphatic carbocycles. The van der Waals surface area contributed by atoms with Crippen molar-refractivity contribution >= 4 is 26.5 Å². The first kappa shape index (κ1) is 16.3. The van der Waals surface area contributed by atoms with E-state index in [0.29, 0.717) is 25.9 Å². The minimum absolute atomic E-state index is 0.0977.